The van der Waals surface area contributed by atoms with E-state index in [9.17, 15) is 4.79 Å². The number of hydrogen-bond donors (Lipinski definition) is 0. The summed E-state index contributed by atoms with van der Waals surface area (Å²) in [6.45, 7) is 2.19. The maximum atomic E-state index is 11.7. The van der Waals surface area contributed by atoms with Gasteiger partial charge in [-0.2, -0.15) is 0 Å². The van der Waals surface area contributed by atoms with E-state index in [0.717, 1.165) is 32.0 Å². The summed E-state index contributed by atoms with van der Waals surface area (Å²) in [5, 5.41) is 2.04. The van der Waals surface area contributed by atoms with Crippen LogP contribution in [0.5, 0.6) is 0 Å². The molecule has 0 aliphatic heterocycles. The van der Waals surface area contributed by atoms with Crippen LogP contribution in [0.2, 0.25) is 0 Å². The van der Waals surface area contributed by atoms with Crippen molar-refractivity contribution in [2.45, 2.75) is 13.3 Å². The molecule has 3 rings (SSSR count). The van der Waals surface area contributed by atoms with Crippen LogP contribution in [-0.4, -0.2) is 12.6 Å². The topological polar surface area (TPSA) is 39.4 Å². The molecular formula is C16H13BrO3. The predicted octanol–water partition coefficient (Wildman–Crippen LogP) is 4.45. The molecule has 0 amide bonds. The first-order valence-corrected chi connectivity index (χ1v) is 7.24. The largest absolute Gasteiger partial charge is 0.466 e. The number of rotatable bonds is 3. The lowest BCUT2D eigenvalue weighted by molar-refractivity contribution is -0.142. The van der Waals surface area contributed by atoms with Crippen molar-refractivity contribution < 1.29 is 13.9 Å². The summed E-state index contributed by atoms with van der Waals surface area (Å²) >= 11 is 3.55. The quantitative estimate of drug-likeness (QED) is 0.665. The fourth-order valence-corrected chi connectivity index (χ4v) is 2.87. The zero-order valence-corrected chi connectivity index (χ0v) is 12.6. The molecule has 0 radical (unpaired) electrons. The van der Waals surface area contributed by atoms with Gasteiger partial charge in [0.1, 0.15) is 11.2 Å². The number of carbonyl (C=O) groups is 1. The number of fused-ring (bicyclic) bond motifs is 3. The van der Waals surface area contributed by atoms with E-state index in [0.29, 0.717) is 6.61 Å². The van der Waals surface area contributed by atoms with Gasteiger partial charge >= 0.3 is 5.97 Å². The lowest BCUT2D eigenvalue weighted by atomic mass is 10.1. The summed E-state index contributed by atoms with van der Waals surface area (Å²) < 4.78 is 11.9. The predicted molar refractivity (Wildman–Crippen MR) is 81.8 cm³/mol. The van der Waals surface area contributed by atoms with Gasteiger partial charge in [-0.1, -0.05) is 40.2 Å². The Kier molecular flexibility index (Phi) is 3.49. The van der Waals surface area contributed by atoms with Crippen LogP contribution in [0, 0.1) is 0 Å². The highest BCUT2D eigenvalue weighted by atomic mass is 79.9. The molecule has 1 aromatic heterocycles. The molecule has 0 spiro atoms. The molecule has 0 N–H and O–H groups in total. The molecule has 20 heavy (non-hydrogen) atoms. The van der Waals surface area contributed by atoms with Crippen LogP contribution in [0.25, 0.3) is 21.9 Å². The summed E-state index contributed by atoms with van der Waals surface area (Å²) in [5.74, 6) is -0.239. The summed E-state index contributed by atoms with van der Waals surface area (Å²) in [6.07, 6.45) is 0.220. The van der Waals surface area contributed by atoms with Gasteiger partial charge in [-0.3, -0.25) is 4.79 Å². The van der Waals surface area contributed by atoms with Crippen LogP contribution in [0.3, 0.4) is 0 Å². The van der Waals surface area contributed by atoms with Gasteiger partial charge in [0, 0.05) is 20.8 Å². The van der Waals surface area contributed by atoms with Gasteiger partial charge in [0.05, 0.1) is 13.0 Å². The molecule has 2 aromatic carbocycles. The third kappa shape index (κ3) is 2.20. The van der Waals surface area contributed by atoms with Crippen molar-refractivity contribution in [3.8, 4) is 0 Å². The number of carbonyl (C=O) groups excluding carboxylic acids is 1. The monoisotopic (exact) mass is 332 g/mol. The summed E-state index contributed by atoms with van der Waals surface area (Å²) in [6, 6.07) is 11.7. The van der Waals surface area contributed by atoms with Gasteiger partial charge in [-0.05, 0) is 19.1 Å². The van der Waals surface area contributed by atoms with Crippen molar-refractivity contribution in [1.29, 1.82) is 0 Å². The van der Waals surface area contributed by atoms with E-state index in [-0.39, 0.29) is 12.4 Å². The number of ether oxygens (including phenoxy) is 1. The first-order chi connectivity index (χ1) is 9.70. The van der Waals surface area contributed by atoms with Crippen LogP contribution in [0.1, 0.15) is 12.5 Å². The number of hydrogen-bond acceptors (Lipinski definition) is 3. The molecule has 0 saturated heterocycles. The Balaban J connectivity index is 2.19. The fraction of sp³-hybridized carbons (Fsp3) is 0.188. The van der Waals surface area contributed by atoms with Crippen molar-refractivity contribution in [1.82, 2.24) is 0 Å². The Morgan fingerprint density at radius 2 is 2.05 bits per heavy atom. The molecule has 0 aliphatic carbocycles. The van der Waals surface area contributed by atoms with Crippen LogP contribution in [-0.2, 0) is 16.0 Å². The van der Waals surface area contributed by atoms with Crippen LogP contribution in [0.4, 0.5) is 0 Å². The van der Waals surface area contributed by atoms with Crippen LogP contribution in [0.15, 0.2) is 45.3 Å². The molecule has 0 aliphatic rings. The van der Waals surface area contributed by atoms with Crippen molar-refractivity contribution in [3.63, 3.8) is 0 Å². The van der Waals surface area contributed by atoms with Crippen molar-refractivity contribution in [2.24, 2.45) is 0 Å². The maximum absolute atomic E-state index is 11.7. The molecule has 0 saturated carbocycles. The van der Waals surface area contributed by atoms with Crippen molar-refractivity contribution in [3.05, 3.63) is 46.4 Å². The van der Waals surface area contributed by atoms with E-state index in [1.54, 1.807) is 6.92 Å². The first kappa shape index (κ1) is 13.2. The summed E-state index contributed by atoms with van der Waals surface area (Å²) in [5.41, 5.74) is 2.41. The van der Waals surface area contributed by atoms with Crippen LogP contribution < -0.4 is 0 Å². The average Bonchev–Trinajstić information content (AvgIpc) is 2.82. The van der Waals surface area contributed by atoms with Crippen molar-refractivity contribution >= 4 is 43.8 Å². The van der Waals surface area contributed by atoms with Gasteiger partial charge in [-0.25, -0.2) is 0 Å². The number of para-hydroxylation sites is 1. The molecule has 1 heterocycles. The number of benzene rings is 2. The zero-order valence-electron chi connectivity index (χ0n) is 11.0. The molecule has 102 valence electrons. The molecule has 3 aromatic rings. The highest BCUT2D eigenvalue weighted by Gasteiger charge is 2.15. The van der Waals surface area contributed by atoms with E-state index < -0.39 is 0 Å². The van der Waals surface area contributed by atoms with Crippen molar-refractivity contribution in [2.75, 3.05) is 6.61 Å². The number of halogens is 1. The van der Waals surface area contributed by atoms with E-state index >= 15 is 0 Å². The fourth-order valence-electron chi connectivity index (χ4n) is 2.35. The third-order valence-electron chi connectivity index (χ3n) is 3.20. The normalized spacial score (nSPS) is 11.1. The highest BCUT2D eigenvalue weighted by molar-refractivity contribution is 9.10. The third-order valence-corrected chi connectivity index (χ3v) is 3.86. The minimum atomic E-state index is -0.239. The molecular weight excluding hydrogens is 320 g/mol. The highest BCUT2D eigenvalue weighted by Crippen LogP contribution is 2.36. The second-order valence-electron chi connectivity index (χ2n) is 4.49. The Morgan fingerprint density at radius 3 is 2.85 bits per heavy atom. The van der Waals surface area contributed by atoms with Crippen LogP contribution >= 0.6 is 15.9 Å². The van der Waals surface area contributed by atoms with Gasteiger partial charge in [0.15, 0.2) is 0 Å². The lowest BCUT2D eigenvalue weighted by Gasteiger charge is -2.03. The Bertz CT molecular complexity index is 789. The van der Waals surface area contributed by atoms with E-state index in [4.69, 9.17) is 9.15 Å². The molecule has 3 nitrogen and oxygen atoms in total. The average molecular weight is 333 g/mol. The zero-order chi connectivity index (χ0) is 14.1. The molecule has 0 fully saturated rings. The Hall–Kier alpha value is -1.81. The van der Waals surface area contributed by atoms with Gasteiger partial charge in [0.2, 0.25) is 0 Å². The second-order valence-corrected chi connectivity index (χ2v) is 5.34. The summed E-state index contributed by atoms with van der Waals surface area (Å²) in [7, 11) is 0. The molecule has 4 heteroatoms. The van der Waals surface area contributed by atoms with Gasteiger partial charge in [-0.15, -0.1) is 0 Å². The number of esters is 1. The van der Waals surface area contributed by atoms with Gasteiger partial charge in [0.25, 0.3) is 0 Å². The standard InChI is InChI=1S/C16H13BrO3/c1-2-19-14(18)9-10-7-8-12(17)15-11-5-3-4-6-13(11)20-16(10)15/h3-8H,2,9H2,1H3. The molecule has 0 unspecified atom stereocenters. The molecule has 0 bridgehead atoms. The molecule has 0 atom stereocenters. The second kappa shape index (κ2) is 5.29. The minimum Gasteiger partial charge on any atom is -0.466 e. The smallest absolute Gasteiger partial charge is 0.310 e. The first-order valence-electron chi connectivity index (χ1n) is 6.45. The van der Waals surface area contributed by atoms with E-state index in [1.165, 1.54) is 0 Å². The van der Waals surface area contributed by atoms with E-state index in [2.05, 4.69) is 15.9 Å². The maximum Gasteiger partial charge on any atom is 0.310 e. The van der Waals surface area contributed by atoms with E-state index in [1.807, 2.05) is 36.4 Å². The Labute approximate surface area is 124 Å². The summed E-state index contributed by atoms with van der Waals surface area (Å²) in [4.78, 5) is 11.7. The Morgan fingerprint density at radius 1 is 1.25 bits per heavy atom. The lowest BCUT2D eigenvalue weighted by Crippen LogP contribution is -2.07. The number of furan rings is 1. The van der Waals surface area contributed by atoms with Gasteiger partial charge < -0.3 is 9.15 Å². The SMILES string of the molecule is CCOC(=O)Cc1ccc(Br)c2c1oc1ccccc12. The minimum absolute atomic E-state index is 0.220.